The third-order valence-corrected chi connectivity index (χ3v) is 3.48. The van der Waals surface area contributed by atoms with Crippen molar-refractivity contribution in [2.75, 3.05) is 5.73 Å². The monoisotopic (exact) mass is 265 g/mol. The molecular weight excluding hydrogens is 252 g/mol. The highest BCUT2D eigenvalue weighted by Crippen LogP contribution is 2.34. The van der Waals surface area contributed by atoms with Gasteiger partial charge in [0, 0.05) is 12.0 Å². The summed E-state index contributed by atoms with van der Waals surface area (Å²) in [6.07, 6.45) is 4.33. The van der Waals surface area contributed by atoms with E-state index in [1.165, 1.54) is 6.07 Å². The lowest BCUT2D eigenvalue weighted by molar-refractivity contribution is 0.413. The summed E-state index contributed by atoms with van der Waals surface area (Å²) in [5, 5.41) is 3.88. The van der Waals surface area contributed by atoms with E-state index in [4.69, 9.17) is 10.3 Å². The van der Waals surface area contributed by atoms with Crippen LogP contribution in [-0.2, 0) is 0 Å². The molecule has 0 saturated heterocycles. The molecule has 1 aliphatic carbocycles. The van der Waals surface area contributed by atoms with E-state index < -0.39 is 11.6 Å². The van der Waals surface area contributed by atoms with Crippen molar-refractivity contribution in [2.45, 2.75) is 31.6 Å². The van der Waals surface area contributed by atoms with Gasteiger partial charge >= 0.3 is 0 Å². The summed E-state index contributed by atoms with van der Waals surface area (Å²) in [5.41, 5.74) is 5.32. The van der Waals surface area contributed by atoms with Gasteiger partial charge in [-0.15, -0.1) is 0 Å². The molecule has 2 N–H and O–H groups in total. The van der Waals surface area contributed by atoms with Crippen molar-refractivity contribution in [1.82, 2.24) is 10.1 Å². The molecule has 2 aromatic rings. The number of benzene rings is 1. The predicted molar refractivity (Wildman–Crippen MR) is 65.3 cm³/mol. The number of nitrogens with zero attached hydrogens (tertiary/aromatic N) is 2. The molecule has 0 spiro atoms. The quantitative estimate of drug-likeness (QED) is 0.846. The second-order valence-corrected chi connectivity index (χ2v) is 4.79. The van der Waals surface area contributed by atoms with Gasteiger partial charge in [0.1, 0.15) is 11.6 Å². The fourth-order valence-corrected chi connectivity index (χ4v) is 2.42. The Morgan fingerprint density at radius 2 is 1.89 bits per heavy atom. The summed E-state index contributed by atoms with van der Waals surface area (Å²) in [5.74, 6) is -0.635. The van der Waals surface area contributed by atoms with Gasteiger partial charge in [-0.3, -0.25) is 0 Å². The molecule has 0 aliphatic heterocycles. The first-order chi connectivity index (χ1) is 9.15. The number of anilines is 1. The lowest BCUT2D eigenvalue weighted by Gasteiger charge is -2.01. The molecule has 0 bridgehead atoms. The van der Waals surface area contributed by atoms with Gasteiger partial charge in [-0.1, -0.05) is 18.0 Å². The molecule has 1 fully saturated rings. The lowest BCUT2D eigenvalue weighted by atomic mass is 10.1. The molecule has 0 radical (unpaired) electrons. The number of rotatable bonds is 2. The number of nitrogen functional groups attached to an aromatic ring is 1. The van der Waals surface area contributed by atoms with Crippen LogP contribution in [-0.4, -0.2) is 10.1 Å². The highest BCUT2D eigenvalue weighted by molar-refractivity contribution is 5.61. The highest BCUT2D eigenvalue weighted by atomic mass is 19.1. The molecule has 1 aliphatic rings. The molecular formula is C13H13F2N3O. The molecule has 19 heavy (non-hydrogen) atoms. The normalized spacial score (nSPS) is 16.1. The van der Waals surface area contributed by atoms with E-state index in [9.17, 15) is 8.78 Å². The first kappa shape index (κ1) is 12.1. The Morgan fingerprint density at radius 1 is 1.16 bits per heavy atom. The van der Waals surface area contributed by atoms with E-state index in [0.717, 1.165) is 31.7 Å². The molecule has 0 atom stereocenters. The van der Waals surface area contributed by atoms with Gasteiger partial charge in [-0.25, -0.2) is 8.78 Å². The average Bonchev–Trinajstić information content (AvgIpc) is 3.03. The molecule has 1 aromatic carbocycles. The third kappa shape index (κ3) is 2.18. The molecule has 1 aromatic heterocycles. The predicted octanol–water partition coefficient (Wildman–Crippen LogP) is 3.25. The van der Waals surface area contributed by atoms with Gasteiger partial charge in [0.05, 0.1) is 11.3 Å². The largest absolute Gasteiger partial charge is 0.396 e. The summed E-state index contributed by atoms with van der Waals surface area (Å²) in [4.78, 5) is 4.20. The number of aromatic nitrogens is 2. The Morgan fingerprint density at radius 3 is 2.63 bits per heavy atom. The van der Waals surface area contributed by atoms with E-state index in [1.54, 1.807) is 0 Å². The number of halogens is 2. The summed E-state index contributed by atoms with van der Waals surface area (Å²) in [6, 6.07) is 1.90. The maximum Gasteiger partial charge on any atom is 0.260 e. The minimum atomic E-state index is -0.795. The van der Waals surface area contributed by atoms with Crippen LogP contribution in [0.15, 0.2) is 16.7 Å². The van der Waals surface area contributed by atoms with Crippen LogP contribution in [0.25, 0.3) is 11.5 Å². The van der Waals surface area contributed by atoms with E-state index in [-0.39, 0.29) is 23.1 Å². The Kier molecular flexibility index (Phi) is 2.93. The highest BCUT2D eigenvalue weighted by Gasteiger charge is 2.24. The molecule has 1 saturated carbocycles. The number of nitrogens with two attached hydrogens (primary N) is 1. The second kappa shape index (κ2) is 4.60. The first-order valence-electron chi connectivity index (χ1n) is 6.23. The summed E-state index contributed by atoms with van der Waals surface area (Å²) >= 11 is 0. The zero-order valence-electron chi connectivity index (χ0n) is 10.2. The Hall–Kier alpha value is -1.98. The minimum absolute atomic E-state index is 0.0376. The van der Waals surface area contributed by atoms with E-state index >= 15 is 0 Å². The first-order valence-corrected chi connectivity index (χ1v) is 6.23. The van der Waals surface area contributed by atoms with Gasteiger partial charge in [0.15, 0.2) is 5.82 Å². The fraction of sp³-hybridized carbons (Fsp3) is 0.385. The van der Waals surface area contributed by atoms with E-state index in [2.05, 4.69) is 10.1 Å². The molecule has 0 unspecified atom stereocenters. The van der Waals surface area contributed by atoms with Crippen molar-refractivity contribution >= 4 is 5.69 Å². The van der Waals surface area contributed by atoms with Crippen LogP contribution in [0.5, 0.6) is 0 Å². The van der Waals surface area contributed by atoms with Gasteiger partial charge in [-0.2, -0.15) is 4.98 Å². The van der Waals surface area contributed by atoms with Crippen LogP contribution in [0.2, 0.25) is 0 Å². The number of hydrogen-bond donors (Lipinski definition) is 1. The van der Waals surface area contributed by atoms with Crippen molar-refractivity contribution < 1.29 is 13.3 Å². The summed E-state index contributed by atoms with van der Waals surface area (Å²) in [6.45, 7) is 0. The molecule has 4 nitrogen and oxygen atoms in total. The summed E-state index contributed by atoms with van der Waals surface area (Å²) < 4.78 is 31.8. The van der Waals surface area contributed by atoms with Crippen molar-refractivity contribution in [3.63, 3.8) is 0 Å². The maximum atomic E-state index is 13.7. The van der Waals surface area contributed by atoms with Gasteiger partial charge in [-0.05, 0) is 18.9 Å². The molecule has 1 heterocycles. The zero-order valence-corrected chi connectivity index (χ0v) is 10.2. The van der Waals surface area contributed by atoms with E-state index in [1.807, 2.05) is 0 Å². The Labute approximate surface area is 108 Å². The SMILES string of the molecule is Nc1cc(-c2nc(C3CCCC3)no2)c(F)cc1F. The van der Waals surface area contributed by atoms with Crippen molar-refractivity contribution in [3.05, 3.63) is 29.6 Å². The second-order valence-electron chi connectivity index (χ2n) is 4.79. The molecule has 0 amide bonds. The van der Waals surface area contributed by atoms with Gasteiger partial charge in [0.2, 0.25) is 0 Å². The van der Waals surface area contributed by atoms with Gasteiger partial charge < -0.3 is 10.3 Å². The standard InChI is InChI=1S/C13H13F2N3O/c14-9-6-10(15)11(16)5-8(9)13-17-12(18-19-13)7-3-1-2-4-7/h5-7H,1-4,16H2. The molecule has 3 rings (SSSR count). The maximum absolute atomic E-state index is 13.7. The lowest BCUT2D eigenvalue weighted by Crippen LogP contribution is -1.96. The van der Waals surface area contributed by atoms with Crippen molar-refractivity contribution in [1.29, 1.82) is 0 Å². The fourth-order valence-electron chi connectivity index (χ4n) is 2.42. The minimum Gasteiger partial charge on any atom is -0.396 e. The van der Waals surface area contributed by atoms with Crippen LogP contribution in [0.1, 0.15) is 37.4 Å². The zero-order chi connectivity index (χ0) is 13.4. The van der Waals surface area contributed by atoms with Crippen LogP contribution in [0, 0.1) is 11.6 Å². The third-order valence-electron chi connectivity index (χ3n) is 3.48. The van der Waals surface area contributed by atoms with Crippen molar-refractivity contribution in [2.24, 2.45) is 0 Å². The smallest absolute Gasteiger partial charge is 0.260 e. The summed E-state index contributed by atoms with van der Waals surface area (Å²) in [7, 11) is 0. The molecule has 6 heteroatoms. The van der Waals surface area contributed by atoms with Crippen LogP contribution < -0.4 is 5.73 Å². The molecule has 100 valence electrons. The average molecular weight is 265 g/mol. The Bertz CT molecular complexity index is 606. The van der Waals surface area contributed by atoms with Crippen LogP contribution in [0.4, 0.5) is 14.5 Å². The topological polar surface area (TPSA) is 64.9 Å². The number of hydrogen-bond acceptors (Lipinski definition) is 4. The van der Waals surface area contributed by atoms with Gasteiger partial charge in [0.25, 0.3) is 5.89 Å². The Balaban J connectivity index is 1.96. The van der Waals surface area contributed by atoms with Crippen molar-refractivity contribution in [3.8, 4) is 11.5 Å². The van der Waals surface area contributed by atoms with Crippen LogP contribution >= 0.6 is 0 Å². The van der Waals surface area contributed by atoms with Crippen LogP contribution in [0.3, 0.4) is 0 Å². The van der Waals surface area contributed by atoms with E-state index in [0.29, 0.717) is 5.82 Å².